The van der Waals surface area contributed by atoms with Crippen molar-refractivity contribution in [3.63, 3.8) is 0 Å². The minimum atomic E-state index is -1.46. The summed E-state index contributed by atoms with van der Waals surface area (Å²) in [6.07, 6.45) is 1.40. The van der Waals surface area contributed by atoms with Gasteiger partial charge in [-0.25, -0.2) is 0 Å². The zero-order chi connectivity index (χ0) is 16.5. The van der Waals surface area contributed by atoms with E-state index in [2.05, 4.69) is 0 Å². The van der Waals surface area contributed by atoms with Crippen LogP contribution in [0.25, 0.3) is 0 Å². The van der Waals surface area contributed by atoms with Crippen molar-refractivity contribution in [1.82, 2.24) is 0 Å². The lowest BCUT2D eigenvalue weighted by Gasteiger charge is -1.97. The van der Waals surface area contributed by atoms with E-state index in [-0.39, 0.29) is 0 Å². The van der Waals surface area contributed by atoms with Crippen LogP contribution in [0.2, 0.25) is 0 Å². The van der Waals surface area contributed by atoms with Gasteiger partial charge in [0.05, 0.1) is 0 Å². The number of aldehydes is 2. The molecular weight excluding hydrogens is 286 g/mol. The molecule has 0 heterocycles. The molecule has 0 saturated heterocycles. The minimum Gasteiger partial charge on any atom is -0.423 e. The average molecular weight is 300 g/mol. The Morgan fingerprint density at radius 3 is 1.05 bits per heavy atom. The number of hydrogen-bond donors (Lipinski definition) is 4. The van der Waals surface area contributed by atoms with Crippen LogP contribution >= 0.6 is 0 Å². The van der Waals surface area contributed by atoms with Gasteiger partial charge in [-0.15, -0.1) is 0 Å². The summed E-state index contributed by atoms with van der Waals surface area (Å²) in [5.74, 6) is 0. The van der Waals surface area contributed by atoms with Crippen LogP contribution in [-0.4, -0.2) is 46.9 Å². The Labute approximate surface area is 128 Å². The first kappa shape index (κ1) is 17.8. The molecule has 0 atom stereocenters. The summed E-state index contributed by atoms with van der Waals surface area (Å²) in [7, 11) is -2.92. The van der Waals surface area contributed by atoms with Crippen LogP contribution in [0.15, 0.2) is 48.5 Å². The molecule has 0 aliphatic carbocycles. The summed E-state index contributed by atoms with van der Waals surface area (Å²) >= 11 is 0. The van der Waals surface area contributed by atoms with Crippen molar-refractivity contribution in [3.8, 4) is 0 Å². The number of carbonyl (C=O) groups is 2. The van der Waals surface area contributed by atoms with E-state index in [1.165, 1.54) is 48.5 Å². The van der Waals surface area contributed by atoms with Gasteiger partial charge in [-0.3, -0.25) is 9.59 Å². The molecule has 2 aromatic carbocycles. The Hall–Kier alpha value is -2.25. The molecule has 0 amide bonds. The Morgan fingerprint density at radius 2 is 0.864 bits per heavy atom. The molecule has 8 heteroatoms. The second-order valence-corrected chi connectivity index (χ2v) is 4.32. The predicted octanol–water partition coefficient (Wildman–Crippen LogP) is -1.64. The summed E-state index contributed by atoms with van der Waals surface area (Å²) in [5.41, 5.74) is 1.81. The quantitative estimate of drug-likeness (QED) is 0.397. The van der Waals surface area contributed by atoms with E-state index < -0.39 is 14.2 Å². The van der Waals surface area contributed by atoms with Gasteiger partial charge >= 0.3 is 14.2 Å². The molecule has 2 aromatic rings. The highest BCUT2D eigenvalue weighted by Crippen LogP contribution is 1.92. The number of rotatable bonds is 4. The fourth-order valence-electron chi connectivity index (χ4n) is 1.49. The van der Waals surface area contributed by atoms with Gasteiger partial charge in [0.15, 0.2) is 0 Å². The number of hydrogen-bond acceptors (Lipinski definition) is 6. The first-order valence-electron chi connectivity index (χ1n) is 6.30. The van der Waals surface area contributed by atoms with Crippen molar-refractivity contribution in [2.24, 2.45) is 0 Å². The molecule has 0 bridgehead atoms. The third-order valence-corrected chi connectivity index (χ3v) is 2.74. The van der Waals surface area contributed by atoms with Gasteiger partial charge in [-0.2, -0.15) is 0 Å². The maximum absolute atomic E-state index is 10.2. The Balaban J connectivity index is 0.000000220. The summed E-state index contributed by atoms with van der Waals surface area (Å²) in [4.78, 5) is 20.3. The van der Waals surface area contributed by atoms with E-state index >= 15 is 0 Å². The van der Waals surface area contributed by atoms with Crippen LogP contribution in [0.4, 0.5) is 0 Å². The van der Waals surface area contributed by atoms with E-state index in [1.807, 2.05) is 0 Å². The van der Waals surface area contributed by atoms with Gasteiger partial charge < -0.3 is 20.1 Å². The van der Waals surface area contributed by atoms with Gasteiger partial charge in [0, 0.05) is 11.1 Å². The molecule has 0 aromatic heterocycles. The van der Waals surface area contributed by atoms with Crippen LogP contribution in [0.5, 0.6) is 0 Å². The molecule has 0 radical (unpaired) electrons. The topological polar surface area (TPSA) is 115 Å². The highest BCUT2D eigenvalue weighted by Gasteiger charge is 2.09. The molecular formula is C14H14B2O6. The zero-order valence-electron chi connectivity index (χ0n) is 11.5. The molecule has 2 rings (SSSR count). The molecule has 0 unspecified atom stereocenters. The van der Waals surface area contributed by atoms with Gasteiger partial charge in [0.25, 0.3) is 0 Å². The molecule has 4 N–H and O–H groups in total. The monoisotopic (exact) mass is 300 g/mol. The third-order valence-electron chi connectivity index (χ3n) is 2.74. The van der Waals surface area contributed by atoms with E-state index in [4.69, 9.17) is 20.1 Å². The van der Waals surface area contributed by atoms with E-state index in [0.717, 1.165) is 0 Å². The maximum Gasteiger partial charge on any atom is 0.488 e. The Morgan fingerprint density at radius 1 is 0.591 bits per heavy atom. The summed E-state index contributed by atoms with van der Waals surface area (Å²) < 4.78 is 0. The molecule has 0 aliphatic rings. The van der Waals surface area contributed by atoms with Crippen LogP contribution in [0.1, 0.15) is 20.7 Å². The van der Waals surface area contributed by atoms with Crippen molar-refractivity contribution in [2.45, 2.75) is 0 Å². The smallest absolute Gasteiger partial charge is 0.423 e. The fourth-order valence-corrected chi connectivity index (χ4v) is 1.49. The Kier molecular flexibility index (Phi) is 7.21. The van der Waals surface area contributed by atoms with Gasteiger partial charge in [0.1, 0.15) is 12.6 Å². The molecule has 0 spiro atoms. The highest BCUT2D eigenvalue weighted by molar-refractivity contribution is 6.58. The van der Waals surface area contributed by atoms with Crippen molar-refractivity contribution >= 4 is 37.7 Å². The van der Waals surface area contributed by atoms with Gasteiger partial charge in [-0.1, -0.05) is 48.5 Å². The van der Waals surface area contributed by atoms with Gasteiger partial charge in [0.2, 0.25) is 0 Å². The lowest BCUT2D eigenvalue weighted by atomic mass is 9.80. The molecule has 0 aliphatic heterocycles. The van der Waals surface area contributed by atoms with Crippen LogP contribution < -0.4 is 10.9 Å². The molecule has 112 valence electrons. The van der Waals surface area contributed by atoms with E-state index in [1.54, 1.807) is 0 Å². The molecule has 0 fully saturated rings. The number of benzene rings is 2. The first-order valence-corrected chi connectivity index (χ1v) is 6.30. The second kappa shape index (κ2) is 8.91. The average Bonchev–Trinajstić information content (AvgIpc) is 2.55. The van der Waals surface area contributed by atoms with Crippen molar-refractivity contribution < 1.29 is 29.7 Å². The van der Waals surface area contributed by atoms with Gasteiger partial charge in [-0.05, 0) is 10.9 Å². The van der Waals surface area contributed by atoms with Crippen LogP contribution in [0, 0.1) is 0 Å². The van der Waals surface area contributed by atoms with Crippen LogP contribution in [0.3, 0.4) is 0 Å². The maximum atomic E-state index is 10.2. The summed E-state index contributed by atoms with van der Waals surface area (Å²) in [5, 5.41) is 34.6. The molecule has 22 heavy (non-hydrogen) atoms. The van der Waals surface area contributed by atoms with E-state index in [9.17, 15) is 9.59 Å². The largest absolute Gasteiger partial charge is 0.488 e. The summed E-state index contributed by atoms with van der Waals surface area (Å²) in [6.45, 7) is 0. The predicted molar refractivity (Wildman–Crippen MR) is 83.3 cm³/mol. The second-order valence-electron chi connectivity index (χ2n) is 4.32. The third kappa shape index (κ3) is 5.63. The van der Waals surface area contributed by atoms with Crippen LogP contribution in [-0.2, 0) is 0 Å². The normalized spacial score (nSPS) is 9.27. The number of carbonyl (C=O) groups excluding carboxylic acids is 2. The fraction of sp³-hybridized carbons (Fsp3) is 0. The highest BCUT2D eigenvalue weighted by atomic mass is 16.4. The molecule has 6 nitrogen and oxygen atoms in total. The van der Waals surface area contributed by atoms with Crippen molar-refractivity contribution in [1.29, 1.82) is 0 Å². The standard InChI is InChI=1S/2C7H7BO3/c2*9-5-6-1-3-7(4-2-6)8(10)11/h2*1-5,10-11H. The Bertz CT molecular complexity index is 540. The lowest BCUT2D eigenvalue weighted by Crippen LogP contribution is -2.29. The van der Waals surface area contributed by atoms with Crippen molar-refractivity contribution in [2.75, 3.05) is 0 Å². The summed E-state index contributed by atoms with van der Waals surface area (Å²) in [6, 6.07) is 12.1. The van der Waals surface area contributed by atoms with Crippen molar-refractivity contribution in [3.05, 3.63) is 59.7 Å². The van der Waals surface area contributed by atoms with E-state index in [0.29, 0.717) is 34.6 Å². The SMILES string of the molecule is O=Cc1ccc(B(O)O)cc1.O=Cc1ccc(B(O)O)cc1. The molecule has 0 saturated carbocycles. The lowest BCUT2D eigenvalue weighted by molar-refractivity contribution is 0.111. The minimum absolute atomic E-state index is 0.385. The first-order chi connectivity index (χ1) is 10.5. The zero-order valence-corrected chi connectivity index (χ0v) is 11.5.